The van der Waals surface area contributed by atoms with E-state index < -0.39 is 0 Å². The SMILES string of the molecule is CCCCCCCC(C)(CCCC)n1nc(C)c(Cl)c1C. The molecular formula is C18H33ClN2. The van der Waals surface area contributed by atoms with E-state index in [9.17, 15) is 0 Å². The second-order valence-electron chi connectivity index (χ2n) is 6.66. The predicted octanol–water partition coefficient (Wildman–Crippen LogP) is 6.42. The van der Waals surface area contributed by atoms with Crippen LogP contribution in [-0.4, -0.2) is 9.78 Å². The molecule has 0 fully saturated rings. The lowest BCUT2D eigenvalue weighted by molar-refractivity contribution is 0.224. The summed E-state index contributed by atoms with van der Waals surface area (Å²) in [6.07, 6.45) is 11.5. The summed E-state index contributed by atoms with van der Waals surface area (Å²) in [6, 6.07) is 0. The topological polar surface area (TPSA) is 17.8 Å². The van der Waals surface area contributed by atoms with Crippen LogP contribution >= 0.6 is 11.6 Å². The van der Waals surface area contributed by atoms with Gasteiger partial charge in [-0.2, -0.15) is 5.10 Å². The van der Waals surface area contributed by atoms with Crippen LogP contribution in [0.1, 0.15) is 89.9 Å². The molecule has 0 N–H and O–H groups in total. The minimum absolute atomic E-state index is 0.115. The van der Waals surface area contributed by atoms with Gasteiger partial charge in [0.1, 0.15) is 0 Å². The Morgan fingerprint density at radius 1 is 0.952 bits per heavy atom. The average Bonchev–Trinajstić information content (AvgIpc) is 2.73. The van der Waals surface area contributed by atoms with Gasteiger partial charge in [-0.15, -0.1) is 0 Å². The van der Waals surface area contributed by atoms with Crippen molar-refractivity contribution in [3.05, 3.63) is 16.4 Å². The van der Waals surface area contributed by atoms with E-state index in [-0.39, 0.29) is 5.54 Å². The number of hydrogen-bond acceptors (Lipinski definition) is 1. The van der Waals surface area contributed by atoms with Gasteiger partial charge in [-0.3, -0.25) is 4.68 Å². The van der Waals surface area contributed by atoms with Gasteiger partial charge in [-0.05, 0) is 33.6 Å². The van der Waals surface area contributed by atoms with Crippen molar-refractivity contribution in [2.45, 2.75) is 97.9 Å². The molecule has 1 atom stereocenters. The number of unbranched alkanes of at least 4 members (excludes halogenated alkanes) is 5. The molecule has 1 aromatic rings. The summed E-state index contributed by atoms with van der Waals surface area (Å²) in [5, 5.41) is 5.57. The third-order valence-electron chi connectivity index (χ3n) is 4.60. The molecule has 1 aromatic heterocycles. The molecule has 21 heavy (non-hydrogen) atoms. The van der Waals surface area contributed by atoms with Gasteiger partial charge < -0.3 is 0 Å². The van der Waals surface area contributed by atoms with E-state index in [0.29, 0.717) is 0 Å². The summed E-state index contributed by atoms with van der Waals surface area (Å²) in [4.78, 5) is 0. The smallest absolute Gasteiger partial charge is 0.0844 e. The lowest BCUT2D eigenvalue weighted by Gasteiger charge is -2.32. The van der Waals surface area contributed by atoms with E-state index in [1.165, 1.54) is 57.8 Å². The summed E-state index contributed by atoms with van der Waals surface area (Å²) >= 11 is 6.36. The quantitative estimate of drug-likeness (QED) is 0.456. The first kappa shape index (κ1) is 18.5. The van der Waals surface area contributed by atoms with E-state index in [4.69, 9.17) is 16.7 Å². The van der Waals surface area contributed by atoms with Crippen LogP contribution in [0, 0.1) is 13.8 Å². The van der Waals surface area contributed by atoms with Gasteiger partial charge in [0.05, 0.1) is 21.9 Å². The average molecular weight is 313 g/mol. The van der Waals surface area contributed by atoms with Gasteiger partial charge in [0, 0.05) is 0 Å². The highest BCUT2D eigenvalue weighted by Crippen LogP contribution is 2.33. The van der Waals surface area contributed by atoms with Gasteiger partial charge in [0.15, 0.2) is 0 Å². The van der Waals surface area contributed by atoms with Crippen LogP contribution in [0.5, 0.6) is 0 Å². The van der Waals surface area contributed by atoms with Crippen LogP contribution in [0.2, 0.25) is 5.02 Å². The molecule has 1 heterocycles. The van der Waals surface area contributed by atoms with Crippen molar-refractivity contribution < 1.29 is 0 Å². The lowest BCUT2D eigenvalue weighted by Crippen LogP contribution is -2.32. The van der Waals surface area contributed by atoms with Gasteiger partial charge in [-0.1, -0.05) is 70.4 Å². The van der Waals surface area contributed by atoms with Crippen molar-refractivity contribution in [3.8, 4) is 0 Å². The Balaban J connectivity index is 2.79. The van der Waals surface area contributed by atoms with Crippen LogP contribution in [0.15, 0.2) is 0 Å². The Morgan fingerprint density at radius 3 is 2.05 bits per heavy atom. The van der Waals surface area contributed by atoms with Crippen molar-refractivity contribution in [2.24, 2.45) is 0 Å². The first-order valence-electron chi connectivity index (χ1n) is 8.68. The van der Waals surface area contributed by atoms with Gasteiger partial charge in [-0.25, -0.2) is 0 Å². The van der Waals surface area contributed by atoms with Crippen LogP contribution in [0.3, 0.4) is 0 Å². The Labute approximate surface area is 136 Å². The summed E-state index contributed by atoms with van der Waals surface area (Å²) in [5.41, 5.74) is 2.20. The molecule has 0 spiro atoms. The van der Waals surface area contributed by atoms with Crippen LogP contribution < -0.4 is 0 Å². The Morgan fingerprint density at radius 2 is 1.52 bits per heavy atom. The second kappa shape index (κ2) is 8.82. The molecule has 0 aliphatic carbocycles. The zero-order valence-corrected chi connectivity index (χ0v) is 15.4. The maximum absolute atomic E-state index is 6.36. The largest absolute Gasteiger partial charge is 0.262 e. The van der Waals surface area contributed by atoms with E-state index in [1.54, 1.807) is 0 Å². The number of nitrogens with zero attached hydrogens (tertiary/aromatic N) is 2. The molecule has 0 aromatic carbocycles. The summed E-state index contributed by atoms with van der Waals surface area (Å²) in [6.45, 7) is 11.0. The number of aryl methyl sites for hydroxylation is 1. The zero-order chi connectivity index (χ0) is 15.9. The molecule has 1 unspecified atom stereocenters. The first-order chi connectivity index (χ1) is 9.96. The van der Waals surface area contributed by atoms with Crippen LogP contribution in [0.4, 0.5) is 0 Å². The van der Waals surface area contributed by atoms with Crippen LogP contribution in [-0.2, 0) is 5.54 Å². The van der Waals surface area contributed by atoms with Gasteiger partial charge >= 0.3 is 0 Å². The fourth-order valence-electron chi connectivity index (χ4n) is 3.15. The predicted molar refractivity (Wildman–Crippen MR) is 93.3 cm³/mol. The van der Waals surface area contributed by atoms with E-state index in [2.05, 4.69) is 32.4 Å². The number of aromatic nitrogens is 2. The minimum atomic E-state index is 0.115. The third kappa shape index (κ3) is 5.02. The molecule has 0 radical (unpaired) electrons. The molecule has 2 nitrogen and oxygen atoms in total. The van der Waals surface area contributed by atoms with Crippen molar-refractivity contribution in [1.82, 2.24) is 9.78 Å². The van der Waals surface area contributed by atoms with Crippen molar-refractivity contribution in [3.63, 3.8) is 0 Å². The number of hydrogen-bond donors (Lipinski definition) is 0. The number of halogens is 1. The second-order valence-corrected chi connectivity index (χ2v) is 7.04. The lowest BCUT2D eigenvalue weighted by atomic mass is 9.88. The number of rotatable bonds is 10. The normalized spacial score (nSPS) is 14.4. The molecule has 0 saturated heterocycles. The standard InChI is InChI=1S/C18H33ClN2/c1-6-8-10-11-12-14-18(5,13-9-7-2)21-16(4)17(19)15(3)20-21/h6-14H2,1-5H3. The summed E-state index contributed by atoms with van der Waals surface area (Å²) in [5.74, 6) is 0. The monoisotopic (exact) mass is 312 g/mol. The van der Waals surface area contributed by atoms with Crippen LogP contribution in [0.25, 0.3) is 0 Å². The molecular weight excluding hydrogens is 280 g/mol. The first-order valence-corrected chi connectivity index (χ1v) is 9.06. The minimum Gasteiger partial charge on any atom is -0.262 e. The van der Waals surface area contributed by atoms with E-state index in [0.717, 1.165) is 16.4 Å². The van der Waals surface area contributed by atoms with Crippen molar-refractivity contribution >= 4 is 11.6 Å². The molecule has 0 bridgehead atoms. The fraction of sp³-hybridized carbons (Fsp3) is 0.833. The maximum Gasteiger partial charge on any atom is 0.0844 e. The van der Waals surface area contributed by atoms with E-state index >= 15 is 0 Å². The molecule has 122 valence electrons. The van der Waals surface area contributed by atoms with E-state index in [1.807, 2.05) is 6.92 Å². The Kier molecular flexibility index (Phi) is 7.79. The highest BCUT2D eigenvalue weighted by Gasteiger charge is 2.29. The third-order valence-corrected chi connectivity index (χ3v) is 5.15. The molecule has 0 saturated carbocycles. The molecule has 0 aliphatic rings. The molecule has 3 heteroatoms. The van der Waals surface area contributed by atoms with Crippen molar-refractivity contribution in [2.75, 3.05) is 0 Å². The van der Waals surface area contributed by atoms with Gasteiger partial charge in [0.2, 0.25) is 0 Å². The zero-order valence-electron chi connectivity index (χ0n) is 14.6. The summed E-state index contributed by atoms with van der Waals surface area (Å²) in [7, 11) is 0. The highest BCUT2D eigenvalue weighted by atomic mass is 35.5. The van der Waals surface area contributed by atoms with Crippen molar-refractivity contribution in [1.29, 1.82) is 0 Å². The molecule has 1 rings (SSSR count). The highest BCUT2D eigenvalue weighted by molar-refractivity contribution is 6.31. The molecule has 0 amide bonds. The summed E-state index contributed by atoms with van der Waals surface area (Å²) < 4.78 is 2.21. The fourth-order valence-corrected chi connectivity index (χ4v) is 3.27. The van der Waals surface area contributed by atoms with Gasteiger partial charge in [0.25, 0.3) is 0 Å². The Hall–Kier alpha value is -0.500. The molecule has 0 aliphatic heterocycles. The maximum atomic E-state index is 6.36. The Bertz CT molecular complexity index is 425.